The fraction of sp³-hybridized carbons (Fsp3) is 0.571. The Morgan fingerprint density at radius 3 is 3.00 bits per heavy atom. The van der Waals surface area contributed by atoms with Crippen molar-refractivity contribution in [3.63, 3.8) is 0 Å². The van der Waals surface area contributed by atoms with Crippen LogP contribution in [-0.2, 0) is 6.42 Å². The summed E-state index contributed by atoms with van der Waals surface area (Å²) in [4.78, 5) is 0. The van der Waals surface area contributed by atoms with Crippen LogP contribution in [0.1, 0.15) is 31.4 Å². The number of hydrogen-bond acceptors (Lipinski definition) is 2. The summed E-state index contributed by atoms with van der Waals surface area (Å²) in [5.41, 5.74) is 4.16. The predicted octanol–water partition coefficient (Wildman–Crippen LogP) is 2.72. The molecule has 0 aliphatic carbocycles. The topological polar surface area (TPSA) is 24.1 Å². The van der Waals surface area contributed by atoms with Gasteiger partial charge in [-0.1, -0.05) is 31.5 Å². The lowest BCUT2D eigenvalue weighted by molar-refractivity contribution is 0.516. The van der Waals surface area contributed by atoms with Crippen molar-refractivity contribution in [3.8, 4) is 0 Å². The SMILES string of the molecule is Cc1ccc2c(c1)CCC(CNC(C)C)N2. The van der Waals surface area contributed by atoms with E-state index in [1.54, 1.807) is 0 Å². The highest BCUT2D eigenvalue weighted by molar-refractivity contribution is 5.55. The van der Waals surface area contributed by atoms with Crippen LogP contribution in [0.15, 0.2) is 18.2 Å². The molecule has 1 unspecified atom stereocenters. The minimum absolute atomic E-state index is 0.571. The summed E-state index contributed by atoms with van der Waals surface area (Å²) in [6.07, 6.45) is 2.44. The number of nitrogens with one attached hydrogen (secondary N) is 2. The van der Waals surface area contributed by atoms with Crippen molar-refractivity contribution in [2.45, 2.75) is 45.7 Å². The minimum atomic E-state index is 0.571. The van der Waals surface area contributed by atoms with E-state index in [0.29, 0.717) is 12.1 Å². The second-order valence-electron chi connectivity index (χ2n) is 5.10. The van der Waals surface area contributed by atoms with Crippen molar-refractivity contribution in [1.29, 1.82) is 0 Å². The molecule has 1 aliphatic heterocycles. The second kappa shape index (κ2) is 4.88. The molecule has 2 nitrogen and oxygen atoms in total. The predicted molar refractivity (Wildman–Crippen MR) is 70.0 cm³/mol. The quantitative estimate of drug-likeness (QED) is 0.815. The van der Waals surface area contributed by atoms with Crippen LogP contribution in [-0.4, -0.2) is 18.6 Å². The van der Waals surface area contributed by atoms with Crippen molar-refractivity contribution in [2.24, 2.45) is 0 Å². The van der Waals surface area contributed by atoms with Crippen molar-refractivity contribution in [2.75, 3.05) is 11.9 Å². The molecular weight excluding hydrogens is 196 g/mol. The monoisotopic (exact) mass is 218 g/mol. The Kier molecular flexibility index (Phi) is 3.49. The molecule has 1 atom stereocenters. The van der Waals surface area contributed by atoms with E-state index in [-0.39, 0.29) is 0 Å². The van der Waals surface area contributed by atoms with E-state index in [2.05, 4.69) is 49.6 Å². The first kappa shape index (κ1) is 11.5. The largest absolute Gasteiger partial charge is 0.381 e. The third-order valence-corrected chi connectivity index (χ3v) is 3.16. The zero-order chi connectivity index (χ0) is 11.5. The van der Waals surface area contributed by atoms with Crippen LogP contribution in [0.25, 0.3) is 0 Å². The molecule has 2 rings (SSSR count). The summed E-state index contributed by atoms with van der Waals surface area (Å²) >= 11 is 0. The first-order chi connectivity index (χ1) is 7.65. The van der Waals surface area contributed by atoms with Crippen molar-refractivity contribution in [3.05, 3.63) is 29.3 Å². The zero-order valence-corrected chi connectivity index (χ0v) is 10.5. The Morgan fingerprint density at radius 2 is 2.25 bits per heavy atom. The summed E-state index contributed by atoms with van der Waals surface area (Å²) < 4.78 is 0. The van der Waals surface area contributed by atoms with Gasteiger partial charge >= 0.3 is 0 Å². The Balaban J connectivity index is 1.98. The van der Waals surface area contributed by atoms with Gasteiger partial charge in [0.2, 0.25) is 0 Å². The van der Waals surface area contributed by atoms with Crippen molar-refractivity contribution >= 4 is 5.69 Å². The highest BCUT2D eigenvalue weighted by Crippen LogP contribution is 2.25. The van der Waals surface area contributed by atoms with E-state index in [4.69, 9.17) is 0 Å². The van der Waals surface area contributed by atoms with Gasteiger partial charge in [-0.3, -0.25) is 0 Å². The molecule has 0 aromatic heterocycles. The number of aryl methyl sites for hydroxylation is 2. The lowest BCUT2D eigenvalue weighted by atomic mass is 9.96. The standard InChI is InChI=1S/C14H22N2/c1-10(2)15-9-13-6-5-12-8-11(3)4-7-14(12)16-13/h4,7-8,10,13,15-16H,5-6,9H2,1-3H3. The van der Waals surface area contributed by atoms with Crippen LogP contribution < -0.4 is 10.6 Å². The molecule has 0 radical (unpaired) electrons. The van der Waals surface area contributed by atoms with Gasteiger partial charge in [-0.05, 0) is 31.4 Å². The van der Waals surface area contributed by atoms with E-state index in [0.717, 1.165) is 6.54 Å². The molecular formula is C14H22N2. The summed E-state index contributed by atoms with van der Waals surface area (Å²) in [6, 6.07) is 7.85. The lowest BCUT2D eigenvalue weighted by Gasteiger charge is -2.28. The van der Waals surface area contributed by atoms with Crippen molar-refractivity contribution < 1.29 is 0 Å². The van der Waals surface area contributed by atoms with Crippen LogP contribution in [0.5, 0.6) is 0 Å². The summed E-state index contributed by atoms with van der Waals surface area (Å²) in [7, 11) is 0. The van der Waals surface area contributed by atoms with Gasteiger partial charge in [0.05, 0.1) is 0 Å². The Bertz CT molecular complexity index is 358. The molecule has 0 spiro atoms. The molecule has 1 aromatic carbocycles. The summed E-state index contributed by atoms with van der Waals surface area (Å²) in [5, 5.41) is 7.11. The number of anilines is 1. The lowest BCUT2D eigenvalue weighted by Crippen LogP contribution is -2.38. The van der Waals surface area contributed by atoms with Crippen LogP contribution in [0, 0.1) is 6.92 Å². The third kappa shape index (κ3) is 2.76. The van der Waals surface area contributed by atoms with Gasteiger partial charge in [-0.25, -0.2) is 0 Å². The molecule has 1 heterocycles. The van der Waals surface area contributed by atoms with Gasteiger partial charge in [0.1, 0.15) is 0 Å². The molecule has 1 aromatic rings. The number of hydrogen-bond donors (Lipinski definition) is 2. The van der Waals surface area contributed by atoms with Crippen molar-refractivity contribution in [1.82, 2.24) is 5.32 Å². The third-order valence-electron chi connectivity index (χ3n) is 3.16. The molecule has 0 saturated heterocycles. The molecule has 0 amide bonds. The fourth-order valence-electron chi connectivity index (χ4n) is 2.22. The number of benzene rings is 1. The molecule has 0 bridgehead atoms. The molecule has 2 heteroatoms. The van der Waals surface area contributed by atoms with Gasteiger partial charge in [0.25, 0.3) is 0 Å². The van der Waals surface area contributed by atoms with Gasteiger partial charge in [-0.15, -0.1) is 0 Å². The first-order valence-corrected chi connectivity index (χ1v) is 6.24. The van der Waals surface area contributed by atoms with Crippen LogP contribution in [0.3, 0.4) is 0 Å². The number of rotatable bonds is 3. The molecule has 0 fully saturated rings. The summed E-state index contributed by atoms with van der Waals surface area (Å²) in [5.74, 6) is 0. The Labute approximate surface area is 98.4 Å². The van der Waals surface area contributed by atoms with Crippen LogP contribution in [0.4, 0.5) is 5.69 Å². The Morgan fingerprint density at radius 1 is 1.44 bits per heavy atom. The average molecular weight is 218 g/mol. The van der Waals surface area contributed by atoms with Crippen LogP contribution in [0.2, 0.25) is 0 Å². The second-order valence-corrected chi connectivity index (χ2v) is 5.10. The van der Waals surface area contributed by atoms with E-state index in [1.165, 1.54) is 29.7 Å². The fourth-order valence-corrected chi connectivity index (χ4v) is 2.22. The maximum absolute atomic E-state index is 3.62. The van der Waals surface area contributed by atoms with E-state index < -0.39 is 0 Å². The van der Waals surface area contributed by atoms with Gasteiger partial charge < -0.3 is 10.6 Å². The van der Waals surface area contributed by atoms with E-state index in [9.17, 15) is 0 Å². The Hall–Kier alpha value is -1.02. The highest BCUT2D eigenvalue weighted by Gasteiger charge is 2.17. The van der Waals surface area contributed by atoms with E-state index >= 15 is 0 Å². The maximum Gasteiger partial charge on any atom is 0.0389 e. The first-order valence-electron chi connectivity index (χ1n) is 6.24. The average Bonchev–Trinajstić information content (AvgIpc) is 2.26. The van der Waals surface area contributed by atoms with E-state index in [1.807, 2.05) is 0 Å². The van der Waals surface area contributed by atoms with Gasteiger partial charge in [-0.2, -0.15) is 0 Å². The van der Waals surface area contributed by atoms with Crippen LogP contribution >= 0.6 is 0 Å². The maximum atomic E-state index is 3.62. The smallest absolute Gasteiger partial charge is 0.0389 e. The van der Waals surface area contributed by atoms with Gasteiger partial charge in [0, 0.05) is 24.3 Å². The highest BCUT2D eigenvalue weighted by atomic mass is 15.0. The summed E-state index contributed by atoms with van der Waals surface area (Å²) in [6.45, 7) is 7.61. The molecule has 88 valence electrons. The zero-order valence-electron chi connectivity index (χ0n) is 10.5. The van der Waals surface area contributed by atoms with Gasteiger partial charge in [0.15, 0.2) is 0 Å². The molecule has 16 heavy (non-hydrogen) atoms. The number of fused-ring (bicyclic) bond motifs is 1. The molecule has 1 aliphatic rings. The molecule has 0 saturated carbocycles. The molecule has 2 N–H and O–H groups in total. The normalized spacial score (nSPS) is 19.4. The minimum Gasteiger partial charge on any atom is -0.381 e.